The minimum Gasteiger partial charge on any atom is -0.394 e. The van der Waals surface area contributed by atoms with Crippen molar-refractivity contribution >= 4 is 23.5 Å². The number of ether oxygens (including phenoxy) is 1. The van der Waals surface area contributed by atoms with Gasteiger partial charge < -0.3 is 30.3 Å². The number of epoxide rings is 1. The average molecular weight is 515 g/mol. The van der Waals surface area contributed by atoms with Gasteiger partial charge in [0, 0.05) is 12.5 Å². The van der Waals surface area contributed by atoms with E-state index in [4.69, 9.17) is 9.26 Å². The molecule has 0 bridgehead atoms. The van der Waals surface area contributed by atoms with E-state index in [-0.39, 0.29) is 23.8 Å². The smallest absolute Gasteiger partial charge is 0.274 e. The highest BCUT2D eigenvalue weighted by Gasteiger charge is 2.50. The van der Waals surface area contributed by atoms with Crippen LogP contribution in [0.25, 0.3) is 0 Å². The Labute approximate surface area is 215 Å². The van der Waals surface area contributed by atoms with Crippen LogP contribution in [0.3, 0.4) is 0 Å². The number of nitrogens with zero attached hydrogens (tertiary/aromatic N) is 1. The van der Waals surface area contributed by atoms with E-state index in [1.54, 1.807) is 38.1 Å². The van der Waals surface area contributed by atoms with E-state index in [1.807, 2.05) is 19.9 Å². The number of benzene rings is 1. The van der Waals surface area contributed by atoms with E-state index in [2.05, 4.69) is 21.1 Å². The summed E-state index contributed by atoms with van der Waals surface area (Å²) in [4.78, 5) is 51.8. The van der Waals surface area contributed by atoms with E-state index < -0.39 is 48.1 Å². The fourth-order valence-corrected chi connectivity index (χ4v) is 3.83. The molecule has 1 aliphatic heterocycles. The lowest BCUT2D eigenvalue weighted by molar-refractivity contribution is -0.133. The Morgan fingerprint density at radius 2 is 1.65 bits per heavy atom. The van der Waals surface area contributed by atoms with Crippen molar-refractivity contribution < 1.29 is 33.5 Å². The predicted octanol–water partition coefficient (Wildman–Crippen LogP) is 0.690. The molecule has 0 radical (unpaired) electrons. The molecule has 2 heterocycles. The van der Waals surface area contributed by atoms with Crippen LogP contribution >= 0.6 is 0 Å². The van der Waals surface area contributed by atoms with Gasteiger partial charge in [0.2, 0.25) is 11.8 Å². The number of carbonyl (C=O) groups is 4. The highest BCUT2D eigenvalue weighted by atomic mass is 16.6. The lowest BCUT2D eigenvalue weighted by Gasteiger charge is -2.26. The van der Waals surface area contributed by atoms with E-state index in [9.17, 15) is 24.3 Å². The first-order valence-electron chi connectivity index (χ1n) is 12.2. The highest BCUT2D eigenvalue weighted by Crippen LogP contribution is 2.29. The number of hydrogen-bond donors (Lipinski definition) is 4. The van der Waals surface area contributed by atoms with Crippen molar-refractivity contribution in [1.29, 1.82) is 0 Å². The maximum absolute atomic E-state index is 13.4. The second-order valence-corrected chi connectivity index (χ2v) is 9.86. The molecule has 200 valence electrons. The molecule has 11 nitrogen and oxygen atoms in total. The third-order valence-electron chi connectivity index (χ3n) is 6.02. The first kappa shape index (κ1) is 28.0. The molecular weight excluding hydrogens is 480 g/mol. The lowest BCUT2D eigenvalue weighted by Crippen LogP contribution is -2.58. The SMILES string of the molecule is Cc1cc(C(=O)N[C@@H](CO)C(=O)N[C@@H](Cc2ccccc2)C(=O)NC(CC(C)C)C(=O)[C@@]2(C)CO2)no1. The van der Waals surface area contributed by atoms with Crippen LogP contribution in [0, 0.1) is 12.8 Å². The van der Waals surface area contributed by atoms with Crippen molar-refractivity contribution in [3.63, 3.8) is 0 Å². The molecule has 4 atom stereocenters. The zero-order chi connectivity index (χ0) is 27.2. The lowest BCUT2D eigenvalue weighted by atomic mass is 9.93. The number of nitrogens with one attached hydrogen (secondary N) is 3. The molecule has 1 unspecified atom stereocenters. The monoisotopic (exact) mass is 514 g/mol. The minimum atomic E-state index is -1.34. The van der Waals surface area contributed by atoms with Gasteiger partial charge in [-0.25, -0.2) is 0 Å². The molecular formula is C26H34N4O7. The Balaban J connectivity index is 1.75. The standard InChI is InChI=1S/C26H34N4O7/c1-15(2)10-18(22(32)26(4)14-36-26)27-23(33)19(12-17-8-6-5-7-9-17)28-25(35)21(13-31)29-24(34)20-11-16(3)37-30-20/h5-9,11,15,18-19,21,31H,10,12-14H2,1-4H3,(H,27,33)(H,28,35)(H,29,34)/t18?,19-,21-,26+/m0/s1. The van der Waals surface area contributed by atoms with Gasteiger partial charge in [0.05, 0.1) is 19.3 Å². The molecule has 1 aliphatic rings. The summed E-state index contributed by atoms with van der Waals surface area (Å²) in [5.41, 5.74) is -0.195. The Kier molecular flexibility index (Phi) is 9.17. The Morgan fingerprint density at radius 3 is 2.19 bits per heavy atom. The molecule has 11 heteroatoms. The van der Waals surface area contributed by atoms with Crippen LogP contribution in [0.1, 0.15) is 49.0 Å². The van der Waals surface area contributed by atoms with E-state index >= 15 is 0 Å². The van der Waals surface area contributed by atoms with Gasteiger partial charge in [-0.1, -0.05) is 49.3 Å². The highest BCUT2D eigenvalue weighted by molar-refractivity contribution is 5.99. The van der Waals surface area contributed by atoms with Crippen LogP contribution in [0.15, 0.2) is 40.9 Å². The maximum atomic E-state index is 13.4. The zero-order valence-corrected chi connectivity index (χ0v) is 21.4. The summed E-state index contributed by atoms with van der Waals surface area (Å²) in [6.07, 6.45) is 0.533. The molecule has 3 amide bonds. The number of carbonyl (C=O) groups excluding carboxylic acids is 4. The summed E-state index contributed by atoms with van der Waals surface area (Å²) in [5, 5.41) is 21.2. The number of aliphatic hydroxyl groups excluding tert-OH is 1. The summed E-state index contributed by atoms with van der Waals surface area (Å²) >= 11 is 0. The van der Waals surface area contributed by atoms with Crippen LogP contribution in [0.5, 0.6) is 0 Å². The largest absolute Gasteiger partial charge is 0.394 e. The van der Waals surface area contributed by atoms with Gasteiger partial charge in [0.15, 0.2) is 11.5 Å². The molecule has 1 aromatic carbocycles. The number of hydrogen-bond acceptors (Lipinski definition) is 8. The zero-order valence-electron chi connectivity index (χ0n) is 21.4. The molecule has 1 saturated heterocycles. The molecule has 37 heavy (non-hydrogen) atoms. The normalized spacial score (nSPS) is 19.0. The number of amides is 3. The number of Topliss-reactive ketones (excluding diaryl/α,β-unsaturated/α-hetero) is 1. The van der Waals surface area contributed by atoms with Gasteiger partial charge in [-0.15, -0.1) is 0 Å². The molecule has 2 aromatic rings. The third kappa shape index (κ3) is 7.70. The fraction of sp³-hybridized carbons (Fsp3) is 0.500. The summed E-state index contributed by atoms with van der Waals surface area (Å²) in [6, 6.07) is 7.22. The van der Waals surface area contributed by atoms with Crippen molar-refractivity contribution in [1.82, 2.24) is 21.1 Å². The Hall–Kier alpha value is -3.57. The molecule has 1 fully saturated rings. The minimum absolute atomic E-state index is 0.0480. The van der Waals surface area contributed by atoms with Crippen molar-refractivity contribution in [3.8, 4) is 0 Å². The quantitative estimate of drug-likeness (QED) is 0.284. The Bertz CT molecular complexity index is 1110. The second-order valence-electron chi connectivity index (χ2n) is 9.86. The molecule has 0 spiro atoms. The maximum Gasteiger partial charge on any atom is 0.274 e. The predicted molar refractivity (Wildman–Crippen MR) is 132 cm³/mol. The topological polar surface area (TPSA) is 163 Å². The molecule has 0 saturated carbocycles. The van der Waals surface area contributed by atoms with Gasteiger partial charge in [0.1, 0.15) is 23.4 Å². The van der Waals surface area contributed by atoms with E-state index in [0.717, 1.165) is 5.56 Å². The number of aryl methyl sites for hydroxylation is 1. The number of ketones is 1. The summed E-state index contributed by atoms with van der Waals surface area (Å²) in [5.74, 6) is -1.73. The van der Waals surface area contributed by atoms with Crippen molar-refractivity contribution in [3.05, 3.63) is 53.4 Å². The van der Waals surface area contributed by atoms with Gasteiger partial charge in [-0.05, 0) is 31.7 Å². The summed E-state index contributed by atoms with van der Waals surface area (Å²) in [7, 11) is 0. The van der Waals surface area contributed by atoms with Crippen LogP contribution in [-0.2, 0) is 25.5 Å². The number of aromatic nitrogens is 1. The van der Waals surface area contributed by atoms with Crippen LogP contribution in [-0.4, -0.2) is 70.7 Å². The van der Waals surface area contributed by atoms with Gasteiger partial charge >= 0.3 is 0 Å². The van der Waals surface area contributed by atoms with Crippen LogP contribution in [0.4, 0.5) is 0 Å². The van der Waals surface area contributed by atoms with Gasteiger partial charge in [-0.2, -0.15) is 0 Å². The molecule has 1 aromatic heterocycles. The molecule has 4 N–H and O–H groups in total. The van der Waals surface area contributed by atoms with Crippen LogP contribution in [0.2, 0.25) is 0 Å². The van der Waals surface area contributed by atoms with Crippen molar-refractivity contribution in [2.75, 3.05) is 13.2 Å². The van der Waals surface area contributed by atoms with E-state index in [0.29, 0.717) is 18.8 Å². The number of aliphatic hydroxyl groups is 1. The van der Waals surface area contributed by atoms with Crippen molar-refractivity contribution in [2.45, 2.75) is 64.3 Å². The average Bonchev–Trinajstić information content (AvgIpc) is 3.46. The van der Waals surface area contributed by atoms with Crippen molar-refractivity contribution in [2.24, 2.45) is 5.92 Å². The molecule has 3 rings (SSSR count). The molecule has 0 aliphatic carbocycles. The van der Waals surface area contributed by atoms with Gasteiger partial charge in [-0.3, -0.25) is 19.2 Å². The van der Waals surface area contributed by atoms with E-state index in [1.165, 1.54) is 6.07 Å². The Morgan fingerprint density at radius 1 is 1.03 bits per heavy atom. The summed E-state index contributed by atoms with van der Waals surface area (Å²) in [6.45, 7) is 6.76. The fourth-order valence-electron chi connectivity index (χ4n) is 3.83. The van der Waals surface area contributed by atoms with Crippen LogP contribution < -0.4 is 16.0 Å². The third-order valence-corrected chi connectivity index (χ3v) is 6.02. The second kappa shape index (κ2) is 12.1. The summed E-state index contributed by atoms with van der Waals surface area (Å²) < 4.78 is 10.2. The number of rotatable bonds is 13. The first-order chi connectivity index (χ1) is 17.5. The first-order valence-corrected chi connectivity index (χ1v) is 12.2. The van der Waals surface area contributed by atoms with Gasteiger partial charge in [0.25, 0.3) is 5.91 Å².